The molecule has 0 amide bonds. The summed E-state index contributed by atoms with van der Waals surface area (Å²) in [6.07, 6.45) is 40.0. The average molecular weight is 2070 g/mol. The van der Waals surface area contributed by atoms with Gasteiger partial charge in [0.25, 0.3) is 0 Å². The van der Waals surface area contributed by atoms with Crippen molar-refractivity contribution in [2.45, 2.75) is 32.1 Å². The Kier molecular flexibility index (Phi) is 33.6. The summed E-state index contributed by atoms with van der Waals surface area (Å²) in [6.45, 7) is 0. The molecule has 0 bridgehead atoms. The number of fused-ring (bicyclic) bond motifs is 6. The van der Waals surface area contributed by atoms with E-state index in [1.807, 2.05) is 48.5 Å². The third-order valence-corrected chi connectivity index (χ3v) is 28.8. The van der Waals surface area contributed by atoms with E-state index in [1.54, 1.807) is 12.1 Å². The first-order chi connectivity index (χ1) is 46.5. The van der Waals surface area contributed by atoms with E-state index in [-0.39, 0.29) is 89.5 Å². The smallest absolute Gasteiger partial charge is 0.456 e. The van der Waals surface area contributed by atoms with Crippen molar-refractivity contribution in [2.75, 3.05) is 24.6 Å². The Morgan fingerprint density at radius 3 is 0.673 bits per heavy atom. The van der Waals surface area contributed by atoms with Crippen molar-refractivity contribution in [1.82, 2.24) is 0 Å². The molecule has 1 aromatic heterocycles. The first-order valence-electron chi connectivity index (χ1n) is 32.3. The zero-order valence-corrected chi connectivity index (χ0v) is 66.7. The molecule has 98 heavy (non-hydrogen) atoms. The molecule has 0 N–H and O–H groups in total. The maximum atomic E-state index is 7.18. The van der Waals surface area contributed by atoms with Crippen molar-refractivity contribution in [3.8, 4) is 34.8 Å². The third-order valence-electron chi connectivity index (χ3n) is 17.1. The molecule has 0 radical (unpaired) electrons. The summed E-state index contributed by atoms with van der Waals surface area (Å²) in [5.41, 5.74) is 9.45. The number of unbranched alkanes of at least 4 members (excludes halogenated alkanes) is 2. The van der Waals surface area contributed by atoms with Gasteiger partial charge in [-0.05, 0) is 164 Å². The van der Waals surface area contributed by atoms with Crippen LogP contribution in [0.2, 0.25) is 0 Å². The second kappa shape index (κ2) is 41.8. The Bertz CT molecular complexity index is 4080. The van der Waals surface area contributed by atoms with Gasteiger partial charge < -0.3 is 30.1 Å². The predicted molar refractivity (Wildman–Crippen MR) is 413 cm³/mol. The number of benzene rings is 12. The Morgan fingerprint density at radius 2 is 0.459 bits per heavy atom. The van der Waals surface area contributed by atoms with E-state index >= 15 is 0 Å². The van der Waals surface area contributed by atoms with Gasteiger partial charge >= 0.3 is 89.5 Å². The molecule has 12 aromatic carbocycles. The third kappa shape index (κ3) is 21.7. The Labute approximate surface area is 649 Å². The van der Waals surface area contributed by atoms with Gasteiger partial charge in [-0.25, -0.2) is 0 Å². The van der Waals surface area contributed by atoms with Crippen molar-refractivity contribution in [3.05, 3.63) is 375 Å². The van der Waals surface area contributed by atoms with E-state index in [0.717, 1.165) is 50.6 Å². The number of furan rings is 1. The minimum atomic E-state index is -0.714. The second-order valence-corrected chi connectivity index (χ2v) is 33.6. The van der Waals surface area contributed by atoms with Crippen LogP contribution in [0.1, 0.15) is 59.1 Å². The molecule has 0 atom stereocenters. The van der Waals surface area contributed by atoms with Crippen molar-refractivity contribution < 1.29 is 93.9 Å². The molecule has 0 saturated carbocycles. The molecule has 1 aliphatic carbocycles. The van der Waals surface area contributed by atoms with Gasteiger partial charge in [0, 0.05) is 10.8 Å². The minimum Gasteiger partial charge on any atom is -0.456 e. The van der Waals surface area contributed by atoms with E-state index in [1.165, 1.54) is 104 Å². The van der Waals surface area contributed by atoms with Gasteiger partial charge in [-0.15, -0.1) is 70.8 Å². The molecule has 13 aromatic rings. The van der Waals surface area contributed by atoms with E-state index < -0.39 is 31.7 Å². The molecule has 0 unspecified atom stereocenters. The fourth-order valence-electron chi connectivity index (χ4n) is 12.4. The van der Waals surface area contributed by atoms with E-state index in [0.29, 0.717) is 11.1 Å². The largest absolute Gasteiger partial charge is 1.00 e. The van der Waals surface area contributed by atoms with Gasteiger partial charge in [-0.2, -0.15) is 0 Å². The molecule has 0 aliphatic heterocycles. The van der Waals surface area contributed by atoms with Gasteiger partial charge in [0.15, 0.2) is 0 Å². The van der Waals surface area contributed by atoms with Crippen LogP contribution in [0, 0.1) is 49.4 Å². The molecular formula is C89H74Au4OP4+4. The van der Waals surface area contributed by atoms with E-state index in [4.69, 9.17) is 30.1 Å². The molecule has 0 fully saturated rings. The summed E-state index contributed by atoms with van der Waals surface area (Å²) in [6, 6.07) is 112. The van der Waals surface area contributed by atoms with Crippen LogP contribution >= 0.6 is 31.7 Å². The molecule has 1 nitrogen and oxygen atoms in total. The van der Waals surface area contributed by atoms with Crippen molar-refractivity contribution in [1.29, 1.82) is 0 Å². The number of hydrogen-bond donors (Lipinski definition) is 0. The summed E-state index contributed by atoms with van der Waals surface area (Å²) < 4.78 is 5.67. The maximum absolute atomic E-state index is 7.18. The molecular weight excluding hydrogens is 2000 g/mol. The van der Waals surface area contributed by atoms with Crippen LogP contribution in [-0.4, -0.2) is 24.6 Å². The summed E-state index contributed by atoms with van der Waals surface area (Å²) in [5, 5.41) is 14.1. The van der Waals surface area contributed by atoms with Crippen LogP contribution in [0.3, 0.4) is 0 Å². The fraction of sp³-hybridized carbons (Fsp3) is 0.101. The predicted octanol–water partition coefficient (Wildman–Crippen LogP) is 17.6. The molecule has 1 aliphatic rings. The first kappa shape index (κ1) is 78.7. The minimum absolute atomic E-state index is 0. The average Bonchev–Trinajstić information content (AvgIpc) is 1.65. The van der Waals surface area contributed by atoms with Crippen LogP contribution in [-0.2, 0) is 95.9 Å². The van der Waals surface area contributed by atoms with E-state index in [2.05, 4.69) is 278 Å². The molecule has 14 rings (SSSR count). The first-order valence-corrected chi connectivity index (χ1v) is 39.1. The van der Waals surface area contributed by atoms with Gasteiger partial charge in [0.2, 0.25) is 0 Å². The molecule has 496 valence electrons. The topological polar surface area (TPSA) is 13.1 Å². The summed E-state index contributed by atoms with van der Waals surface area (Å²) >= 11 is 0. The monoisotopic (exact) mass is 2070 g/mol. The number of hydrogen-bond acceptors (Lipinski definition) is 1. The summed E-state index contributed by atoms with van der Waals surface area (Å²) in [7, 11) is -2.86. The quantitative estimate of drug-likeness (QED) is 0.0274. The normalized spacial score (nSPS) is 10.5. The fourth-order valence-corrected chi connectivity index (χ4v) is 23.2. The zero-order valence-electron chi connectivity index (χ0n) is 54.0. The Hall–Kier alpha value is -6.64. The van der Waals surface area contributed by atoms with Crippen LogP contribution < -0.4 is 42.4 Å². The van der Waals surface area contributed by atoms with Crippen LogP contribution in [0.4, 0.5) is 0 Å². The van der Waals surface area contributed by atoms with E-state index in [9.17, 15) is 0 Å². The molecule has 9 heteroatoms. The van der Waals surface area contributed by atoms with Gasteiger partial charge in [-0.1, -0.05) is 158 Å². The Morgan fingerprint density at radius 1 is 0.255 bits per heavy atom. The second-order valence-electron chi connectivity index (χ2n) is 23.2. The zero-order chi connectivity index (χ0) is 64.5. The maximum Gasteiger partial charge on any atom is 1.00 e. The van der Waals surface area contributed by atoms with Crippen molar-refractivity contribution in [3.63, 3.8) is 0 Å². The summed E-state index contributed by atoms with van der Waals surface area (Å²) in [5.74, 6) is 9.54. The number of rotatable bonds is 18. The standard InChI is InChI=1S/2C28H28P2.C17H8.C16H6O.4Au/c2*1-5-15-25(16-6-1)29(26-17-7-2-8-18-26)23-13-14-24-30(27-19-9-3-10-20-27)28-21-11-4-12-22-28;1-3-12-5-7-14-11-15-8-6-13(4-2)10-17(15)16(14)9-12;1-3-11-5-7-15-13(9-11)14-10-12(4-2)6-8-16(14)17-15;;;;/h2*1-12,15-22H,13-14,23-24H2;5-10H,11H2;5-10H;;;;/q;;2*-2;4*+1/p+4. The van der Waals surface area contributed by atoms with Crippen molar-refractivity contribution >= 4 is 96.1 Å². The van der Waals surface area contributed by atoms with Crippen LogP contribution in [0.15, 0.2) is 320 Å². The van der Waals surface area contributed by atoms with Gasteiger partial charge in [0.05, 0.1) is 98.8 Å². The van der Waals surface area contributed by atoms with Crippen LogP contribution in [0.5, 0.6) is 0 Å². The SMILES string of the molecule is [Au+].[Au+].[Au+].[Au+].[C-]#Cc1ccc2c(c1)-c1cc(C#[C-])ccc1C2.[C-]#Cc1ccc2oc3ccc(C#[C-])cc3c2c1.c1ccc([PH+](CCCC[PH+](c2ccccc2)c2ccccc2)c2ccccc2)cc1.c1ccc([PH+](CCCC[PH+](c2ccccc2)c2ccccc2)c2ccccc2)cc1. The van der Waals surface area contributed by atoms with Gasteiger partial charge in [-0.3, -0.25) is 23.7 Å². The molecule has 0 spiro atoms. The summed E-state index contributed by atoms with van der Waals surface area (Å²) in [4.78, 5) is 0. The van der Waals surface area contributed by atoms with Crippen molar-refractivity contribution in [2.24, 2.45) is 0 Å². The van der Waals surface area contributed by atoms with Gasteiger partial charge in [0.1, 0.15) is 11.2 Å². The molecule has 1 heterocycles. The molecule has 0 saturated heterocycles. The Balaban J connectivity index is 0.000000187. The van der Waals surface area contributed by atoms with Crippen LogP contribution in [0.25, 0.3) is 33.1 Å².